The second kappa shape index (κ2) is 8.29. The summed E-state index contributed by atoms with van der Waals surface area (Å²) in [6, 6.07) is 13.2. The molecular formula is C21H25Cl2N4O+. The average molecular weight is 420 g/mol. The van der Waals surface area contributed by atoms with E-state index in [1.54, 1.807) is 23.1 Å². The van der Waals surface area contributed by atoms with Crippen LogP contribution in [0.4, 0.5) is 0 Å². The smallest absolute Gasteiger partial charge is 0.203 e. The van der Waals surface area contributed by atoms with Gasteiger partial charge in [-0.1, -0.05) is 41.4 Å². The molecule has 2 heterocycles. The standard InChI is InChI=1S/C21H24Cl2N4O/c22-16-8-7-15(13-17(16)23)20(28)14-27-19-6-2-1-5-18(19)26(21(27)24)12-11-25-9-3-4-10-25/h1-2,5-8,13,20,24,28H,3-4,9-12,14H2/p+1. The highest BCUT2D eigenvalue weighted by Gasteiger charge is 2.19. The van der Waals surface area contributed by atoms with Gasteiger partial charge in [0.1, 0.15) is 0 Å². The second-order valence-corrected chi connectivity index (χ2v) is 8.29. The lowest BCUT2D eigenvalue weighted by Crippen LogP contribution is -3.10. The molecule has 0 amide bonds. The maximum Gasteiger partial charge on any atom is 0.203 e. The Hall–Kier alpha value is -1.79. The van der Waals surface area contributed by atoms with Crippen molar-refractivity contribution in [1.82, 2.24) is 9.13 Å². The summed E-state index contributed by atoms with van der Waals surface area (Å²) < 4.78 is 3.93. The Morgan fingerprint density at radius 3 is 2.36 bits per heavy atom. The zero-order chi connectivity index (χ0) is 19.7. The summed E-state index contributed by atoms with van der Waals surface area (Å²) in [5.41, 5.74) is 3.11. The molecule has 1 atom stereocenters. The third-order valence-electron chi connectivity index (χ3n) is 5.66. The summed E-state index contributed by atoms with van der Waals surface area (Å²) in [5.74, 6) is 0. The van der Waals surface area contributed by atoms with Gasteiger partial charge < -0.3 is 19.1 Å². The summed E-state index contributed by atoms with van der Waals surface area (Å²) in [6.07, 6.45) is 1.82. The number of imidazole rings is 1. The highest BCUT2D eigenvalue weighted by Crippen LogP contribution is 2.26. The molecule has 1 aliphatic rings. The number of aromatic nitrogens is 2. The van der Waals surface area contributed by atoms with Gasteiger partial charge in [-0.2, -0.15) is 0 Å². The molecule has 2 aromatic carbocycles. The Labute approximate surface area is 174 Å². The van der Waals surface area contributed by atoms with Crippen LogP contribution in [0.3, 0.4) is 0 Å². The fraction of sp³-hybridized carbons (Fsp3) is 0.381. The molecule has 0 bridgehead atoms. The molecule has 7 heteroatoms. The van der Waals surface area contributed by atoms with Gasteiger partial charge in [-0.05, 0) is 29.8 Å². The lowest BCUT2D eigenvalue weighted by atomic mass is 10.1. The molecule has 28 heavy (non-hydrogen) atoms. The number of hydrogen-bond donors (Lipinski definition) is 3. The number of hydrogen-bond acceptors (Lipinski definition) is 2. The van der Waals surface area contributed by atoms with Gasteiger partial charge in [-0.25, -0.2) is 0 Å². The lowest BCUT2D eigenvalue weighted by Gasteiger charge is -2.14. The number of aliphatic hydroxyl groups is 1. The Kier molecular flexibility index (Phi) is 5.78. The second-order valence-electron chi connectivity index (χ2n) is 7.47. The normalized spacial score (nSPS) is 16.1. The summed E-state index contributed by atoms with van der Waals surface area (Å²) in [4.78, 5) is 1.61. The minimum Gasteiger partial charge on any atom is -0.387 e. The predicted octanol–water partition coefficient (Wildman–Crippen LogP) is 2.64. The van der Waals surface area contributed by atoms with E-state index in [1.807, 2.05) is 22.8 Å². The van der Waals surface area contributed by atoms with Crippen molar-refractivity contribution in [2.45, 2.75) is 32.0 Å². The Balaban J connectivity index is 1.63. The molecule has 1 saturated heterocycles. The van der Waals surface area contributed by atoms with E-state index in [0.29, 0.717) is 27.8 Å². The third-order valence-corrected chi connectivity index (χ3v) is 6.40. The van der Waals surface area contributed by atoms with Crippen molar-refractivity contribution < 1.29 is 10.0 Å². The maximum absolute atomic E-state index is 10.8. The molecule has 5 nitrogen and oxygen atoms in total. The van der Waals surface area contributed by atoms with Gasteiger partial charge in [0.2, 0.25) is 5.62 Å². The number of quaternary nitrogens is 1. The Morgan fingerprint density at radius 1 is 1.00 bits per heavy atom. The first-order chi connectivity index (χ1) is 13.5. The molecule has 4 rings (SSSR count). The van der Waals surface area contributed by atoms with Gasteiger partial charge in [-0.3, -0.25) is 5.41 Å². The van der Waals surface area contributed by atoms with Gasteiger partial charge in [0, 0.05) is 12.8 Å². The number of benzene rings is 2. The van der Waals surface area contributed by atoms with Crippen molar-refractivity contribution >= 4 is 34.2 Å². The summed E-state index contributed by atoms with van der Waals surface area (Å²) in [5, 5.41) is 20.4. The van der Waals surface area contributed by atoms with E-state index in [4.69, 9.17) is 28.6 Å². The highest BCUT2D eigenvalue weighted by atomic mass is 35.5. The monoisotopic (exact) mass is 419 g/mol. The minimum absolute atomic E-state index is 0.293. The topological polar surface area (TPSA) is 58.4 Å². The molecular weight excluding hydrogens is 395 g/mol. The summed E-state index contributed by atoms with van der Waals surface area (Å²) >= 11 is 12.1. The number of likely N-dealkylation sites (tertiary alicyclic amines) is 1. The van der Waals surface area contributed by atoms with Gasteiger partial charge in [0.25, 0.3) is 0 Å². The van der Waals surface area contributed by atoms with Crippen molar-refractivity contribution in [3.05, 3.63) is 63.7 Å². The fourth-order valence-corrected chi connectivity index (χ4v) is 4.41. The van der Waals surface area contributed by atoms with Crippen LogP contribution in [0.5, 0.6) is 0 Å². The zero-order valence-corrected chi connectivity index (χ0v) is 17.2. The van der Waals surface area contributed by atoms with Crippen LogP contribution in [-0.4, -0.2) is 33.9 Å². The summed E-state index contributed by atoms with van der Waals surface area (Å²) in [7, 11) is 0. The number of nitrogens with zero attached hydrogens (tertiary/aromatic N) is 2. The lowest BCUT2D eigenvalue weighted by molar-refractivity contribution is -0.888. The van der Waals surface area contributed by atoms with E-state index in [2.05, 4.69) is 10.6 Å². The molecule has 1 unspecified atom stereocenters. The van der Waals surface area contributed by atoms with E-state index in [9.17, 15) is 5.11 Å². The first-order valence-corrected chi connectivity index (χ1v) is 10.5. The molecule has 0 spiro atoms. The first kappa shape index (κ1) is 19.5. The van der Waals surface area contributed by atoms with Gasteiger partial charge in [0.05, 0.1) is 59.9 Å². The van der Waals surface area contributed by atoms with Crippen molar-refractivity contribution in [2.75, 3.05) is 19.6 Å². The summed E-state index contributed by atoms with van der Waals surface area (Å²) in [6.45, 7) is 4.58. The van der Waals surface area contributed by atoms with Crippen LogP contribution in [0, 0.1) is 5.41 Å². The van der Waals surface area contributed by atoms with Gasteiger partial charge >= 0.3 is 0 Å². The number of para-hydroxylation sites is 2. The average Bonchev–Trinajstić information content (AvgIpc) is 3.30. The molecule has 148 valence electrons. The van der Waals surface area contributed by atoms with Crippen LogP contribution in [-0.2, 0) is 13.1 Å². The number of nitrogens with one attached hydrogen (secondary N) is 2. The van der Waals surface area contributed by atoms with Gasteiger partial charge in [0.15, 0.2) is 0 Å². The molecule has 3 N–H and O–H groups in total. The molecule has 1 aromatic heterocycles. The van der Waals surface area contributed by atoms with Crippen molar-refractivity contribution in [1.29, 1.82) is 5.41 Å². The number of aliphatic hydroxyl groups excluding tert-OH is 1. The van der Waals surface area contributed by atoms with Crippen LogP contribution in [0.1, 0.15) is 24.5 Å². The van der Waals surface area contributed by atoms with Crippen LogP contribution >= 0.6 is 23.2 Å². The van der Waals surface area contributed by atoms with E-state index < -0.39 is 6.10 Å². The molecule has 0 radical (unpaired) electrons. The Morgan fingerprint density at radius 2 is 1.68 bits per heavy atom. The van der Waals surface area contributed by atoms with E-state index in [0.717, 1.165) is 24.1 Å². The molecule has 1 fully saturated rings. The molecule has 3 aromatic rings. The van der Waals surface area contributed by atoms with Crippen LogP contribution in [0.2, 0.25) is 10.0 Å². The SMILES string of the molecule is N=c1n(CC[NH+]2CCCC2)c2ccccc2n1CC(O)c1ccc(Cl)c(Cl)c1. The molecule has 1 aliphatic heterocycles. The first-order valence-electron chi connectivity index (χ1n) is 9.74. The number of fused-ring (bicyclic) bond motifs is 1. The van der Waals surface area contributed by atoms with Crippen LogP contribution in [0.25, 0.3) is 11.0 Å². The van der Waals surface area contributed by atoms with Crippen LogP contribution in [0.15, 0.2) is 42.5 Å². The predicted molar refractivity (Wildman–Crippen MR) is 112 cm³/mol. The quantitative estimate of drug-likeness (QED) is 0.564. The van der Waals surface area contributed by atoms with E-state index >= 15 is 0 Å². The fourth-order valence-electron chi connectivity index (χ4n) is 4.10. The van der Waals surface area contributed by atoms with Crippen molar-refractivity contribution in [3.8, 4) is 0 Å². The minimum atomic E-state index is -0.771. The van der Waals surface area contributed by atoms with Crippen molar-refractivity contribution in [2.24, 2.45) is 0 Å². The van der Waals surface area contributed by atoms with Gasteiger partial charge in [-0.15, -0.1) is 0 Å². The maximum atomic E-state index is 10.8. The van der Waals surface area contributed by atoms with Crippen molar-refractivity contribution in [3.63, 3.8) is 0 Å². The Bertz CT molecular complexity index is 1040. The number of rotatable bonds is 6. The zero-order valence-electron chi connectivity index (χ0n) is 15.7. The highest BCUT2D eigenvalue weighted by molar-refractivity contribution is 6.42. The van der Waals surface area contributed by atoms with Crippen LogP contribution < -0.4 is 10.5 Å². The number of halogens is 2. The largest absolute Gasteiger partial charge is 0.387 e. The van der Waals surface area contributed by atoms with E-state index in [-0.39, 0.29) is 0 Å². The van der Waals surface area contributed by atoms with E-state index in [1.165, 1.54) is 25.9 Å². The molecule has 0 aliphatic carbocycles. The third kappa shape index (κ3) is 3.85. The molecule has 0 saturated carbocycles.